The maximum atomic E-state index is 5.86. The summed E-state index contributed by atoms with van der Waals surface area (Å²) in [5, 5.41) is 0. The lowest BCUT2D eigenvalue weighted by molar-refractivity contribution is -0.0345. The first kappa shape index (κ1) is 9.51. The predicted octanol–water partition coefficient (Wildman–Crippen LogP) is 3.38. The zero-order valence-corrected chi connectivity index (χ0v) is 9.01. The smallest absolute Gasteiger partial charge is 0.0603 e. The van der Waals surface area contributed by atoms with Crippen LogP contribution in [0, 0.1) is 11.3 Å². The highest BCUT2D eigenvalue weighted by molar-refractivity contribution is 4.84. The van der Waals surface area contributed by atoms with Gasteiger partial charge in [-0.25, -0.2) is 0 Å². The highest BCUT2D eigenvalue weighted by Crippen LogP contribution is 2.41. The zero-order chi connectivity index (χ0) is 9.31. The second kappa shape index (κ2) is 3.61. The summed E-state index contributed by atoms with van der Waals surface area (Å²) in [6, 6.07) is 0. The SMILES string of the molecule is CC1(C)CCCC2OCCCC2C1. The van der Waals surface area contributed by atoms with E-state index in [4.69, 9.17) is 4.74 Å². The van der Waals surface area contributed by atoms with Gasteiger partial charge < -0.3 is 4.74 Å². The average Bonchev–Trinajstić information content (AvgIpc) is 2.21. The Kier molecular flexibility index (Phi) is 2.64. The van der Waals surface area contributed by atoms with Gasteiger partial charge in [-0.15, -0.1) is 0 Å². The van der Waals surface area contributed by atoms with Gasteiger partial charge in [0.2, 0.25) is 0 Å². The molecule has 0 radical (unpaired) electrons. The van der Waals surface area contributed by atoms with Crippen molar-refractivity contribution in [2.24, 2.45) is 11.3 Å². The molecule has 2 rings (SSSR count). The van der Waals surface area contributed by atoms with Crippen molar-refractivity contribution in [2.45, 2.75) is 58.5 Å². The second-order valence-electron chi connectivity index (χ2n) is 5.57. The molecule has 1 aliphatic carbocycles. The number of ether oxygens (including phenoxy) is 1. The van der Waals surface area contributed by atoms with Crippen LogP contribution in [0.4, 0.5) is 0 Å². The monoisotopic (exact) mass is 182 g/mol. The summed E-state index contributed by atoms with van der Waals surface area (Å²) >= 11 is 0. The van der Waals surface area contributed by atoms with E-state index in [2.05, 4.69) is 13.8 Å². The Hall–Kier alpha value is -0.0400. The molecule has 1 nitrogen and oxygen atoms in total. The van der Waals surface area contributed by atoms with Gasteiger partial charge >= 0.3 is 0 Å². The van der Waals surface area contributed by atoms with Gasteiger partial charge in [-0.05, 0) is 43.4 Å². The lowest BCUT2D eigenvalue weighted by atomic mass is 9.79. The number of hydrogen-bond donors (Lipinski definition) is 0. The first-order chi connectivity index (χ1) is 6.17. The lowest BCUT2D eigenvalue weighted by Crippen LogP contribution is -2.30. The van der Waals surface area contributed by atoms with Gasteiger partial charge in [0.25, 0.3) is 0 Å². The largest absolute Gasteiger partial charge is 0.378 e. The molecule has 1 saturated heterocycles. The Labute approximate surface area is 81.9 Å². The van der Waals surface area contributed by atoms with Crippen LogP contribution in [0.25, 0.3) is 0 Å². The first-order valence-corrected chi connectivity index (χ1v) is 5.79. The van der Waals surface area contributed by atoms with Crippen molar-refractivity contribution in [3.63, 3.8) is 0 Å². The molecule has 2 unspecified atom stereocenters. The van der Waals surface area contributed by atoms with E-state index in [1.54, 1.807) is 0 Å². The summed E-state index contributed by atoms with van der Waals surface area (Å²) in [6.45, 7) is 5.86. The second-order valence-corrected chi connectivity index (χ2v) is 5.57. The van der Waals surface area contributed by atoms with Crippen LogP contribution >= 0.6 is 0 Å². The summed E-state index contributed by atoms with van der Waals surface area (Å²) in [5.74, 6) is 0.867. The topological polar surface area (TPSA) is 9.23 Å². The maximum Gasteiger partial charge on any atom is 0.0603 e. The predicted molar refractivity (Wildman–Crippen MR) is 54.7 cm³/mol. The van der Waals surface area contributed by atoms with Gasteiger partial charge in [-0.1, -0.05) is 20.3 Å². The van der Waals surface area contributed by atoms with E-state index in [1.165, 1.54) is 38.5 Å². The third kappa shape index (κ3) is 2.25. The third-order valence-corrected chi connectivity index (χ3v) is 3.73. The van der Waals surface area contributed by atoms with E-state index in [1.807, 2.05) is 0 Å². The molecule has 2 aliphatic rings. The molecule has 76 valence electrons. The van der Waals surface area contributed by atoms with Gasteiger partial charge in [-0.3, -0.25) is 0 Å². The molecule has 1 heteroatoms. The fourth-order valence-corrected chi connectivity index (χ4v) is 3.05. The van der Waals surface area contributed by atoms with E-state index >= 15 is 0 Å². The average molecular weight is 182 g/mol. The van der Waals surface area contributed by atoms with Crippen molar-refractivity contribution >= 4 is 0 Å². The van der Waals surface area contributed by atoms with Crippen LogP contribution in [-0.4, -0.2) is 12.7 Å². The minimum Gasteiger partial charge on any atom is -0.378 e. The summed E-state index contributed by atoms with van der Waals surface area (Å²) in [7, 11) is 0. The van der Waals surface area contributed by atoms with Crippen LogP contribution in [0.5, 0.6) is 0 Å². The van der Waals surface area contributed by atoms with Gasteiger partial charge in [-0.2, -0.15) is 0 Å². The summed E-state index contributed by atoms with van der Waals surface area (Å²) < 4.78 is 5.86. The van der Waals surface area contributed by atoms with Crippen LogP contribution < -0.4 is 0 Å². The molecule has 2 atom stereocenters. The minimum absolute atomic E-state index is 0.570. The van der Waals surface area contributed by atoms with Crippen molar-refractivity contribution in [3.05, 3.63) is 0 Å². The summed E-state index contributed by atoms with van der Waals surface area (Å²) in [4.78, 5) is 0. The quantitative estimate of drug-likeness (QED) is 0.558. The van der Waals surface area contributed by atoms with Gasteiger partial charge in [0.15, 0.2) is 0 Å². The highest BCUT2D eigenvalue weighted by Gasteiger charge is 2.34. The molecule has 0 aromatic carbocycles. The molecule has 1 heterocycles. The Bertz CT molecular complexity index is 174. The fourth-order valence-electron chi connectivity index (χ4n) is 3.05. The Morgan fingerprint density at radius 2 is 2.00 bits per heavy atom. The molecule has 0 bridgehead atoms. The highest BCUT2D eigenvalue weighted by atomic mass is 16.5. The molecule has 0 amide bonds. The van der Waals surface area contributed by atoms with Gasteiger partial charge in [0.1, 0.15) is 0 Å². The van der Waals surface area contributed by atoms with Crippen LogP contribution in [0.15, 0.2) is 0 Å². The lowest BCUT2D eigenvalue weighted by Gasteiger charge is -2.33. The third-order valence-electron chi connectivity index (χ3n) is 3.73. The van der Waals surface area contributed by atoms with E-state index < -0.39 is 0 Å². The molecule has 1 aliphatic heterocycles. The van der Waals surface area contributed by atoms with Gasteiger partial charge in [0.05, 0.1) is 6.10 Å². The standard InChI is InChI=1S/C12H22O/c1-12(2)7-3-6-11-10(9-12)5-4-8-13-11/h10-11H,3-9H2,1-2H3. The molecule has 13 heavy (non-hydrogen) atoms. The Balaban J connectivity index is 2.03. The van der Waals surface area contributed by atoms with Crippen molar-refractivity contribution in [1.29, 1.82) is 0 Å². The molecule has 0 spiro atoms. The Morgan fingerprint density at radius 3 is 2.85 bits per heavy atom. The minimum atomic E-state index is 0.570. The zero-order valence-electron chi connectivity index (χ0n) is 9.01. The number of rotatable bonds is 0. The Morgan fingerprint density at radius 1 is 1.15 bits per heavy atom. The summed E-state index contributed by atoms with van der Waals surface area (Å²) in [5.41, 5.74) is 0.570. The molecular formula is C12H22O. The van der Waals surface area contributed by atoms with Crippen LogP contribution in [0.3, 0.4) is 0 Å². The molecule has 0 N–H and O–H groups in total. The number of fused-ring (bicyclic) bond motifs is 1. The van der Waals surface area contributed by atoms with Crippen LogP contribution in [0.2, 0.25) is 0 Å². The van der Waals surface area contributed by atoms with Crippen LogP contribution in [0.1, 0.15) is 52.4 Å². The van der Waals surface area contributed by atoms with Crippen molar-refractivity contribution in [2.75, 3.05) is 6.61 Å². The molecule has 2 fully saturated rings. The van der Waals surface area contributed by atoms with Crippen molar-refractivity contribution in [1.82, 2.24) is 0 Å². The van der Waals surface area contributed by atoms with E-state index in [0.717, 1.165) is 12.5 Å². The summed E-state index contributed by atoms with van der Waals surface area (Å²) in [6.07, 6.45) is 8.77. The van der Waals surface area contributed by atoms with E-state index in [9.17, 15) is 0 Å². The number of hydrogen-bond acceptors (Lipinski definition) is 1. The van der Waals surface area contributed by atoms with Gasteiger partial charge in [0, 0.05) is 6.61 Å². The van der Waals surface area contributed by atoms with Crippen molar-refractivity contribution in [3.8, 4) is 0 Å². The maximum absolute atomic E-state index is 5.86. The normalized spacial score (nSPS) is 39.2. The van der Waals surface area contributed by atoms with E-state index in [0.29, 0.717) is 11.5 Å². The molecule has 1 saturated carbocycles. The van der Waals surface area contributed by atoms with E-state index in [-0.39, 0.29) is 0 Å². The first-order valence-electron chi connectivity index (χ1n) is 5.79. The molecule has 0 aromatic rings. The fraction of sp³-hybridized carbons (Fsp3) is 1.00. The molecular weight excluding hydrogens is 160 g/mol. The van der Waals surface area contributed by atoms with Crippen LogP contribution in [-0.2, 0) is 4.74 Å². The molecule has 0 aromatic heterocycles. The van der Waals surface area contributed by atoms with Crippen molar-refractivity contribution < 1.29 is 4.74 Å².